The smallest absolute Gasteiger partial charge is 0.0464 e. The van der Waals surface area contributed by atoms with E-state index in [1.54, 1.807) is 35.3 Å². The molecule has 0 spiro atoms. The van der Waals surface area contributed by atoms with Crippen molar-refractivity contribution in [3.8, 4) is 0 Å². The van der Waals surface area contributed by atoms with Gasteiger partial charge in [0.25, 0.3) is 0 Å². The van der Waals surface area contributed by atoms with E-state index in [1.807, 2.05) is 0 Å². The van der Waals surface area contributed by atoms with Crippen LogP contribution in [0.4, 0.5) is 5.69 Å². The average molecular weight is 231 g/mol. The molecule has 0 aliphatic heterocycles. The van der Waals surface area contributed by atoms with Crippen LogP contribution in [0.1, 0.15) is 0 Å². The van der Waals surface area contributed by atoms with Crippen LogP contribution in [0.25, 0.3) is 0 Å². The van der Waals surface area contributed by atoms with E-state index in [1.165, 1.54) is 14.7 Å². The summed E-state index contributed by atoms with van der Waals surface area (Å²) in [5, 5.41) is 0. The van der Waals surface area contributed by atoms with Crippen LogP contribution in [0, 0.1) is 0 Å². The van der Waals surface area contributed by atoms with Gasteiger partial charge in [-0.15, -0.1) is 35.3 Å². The zero-order valence-electron chi connectivity index (χ0n) is 7.96. The summed E-state index contributed by atoms with van der Waals surface area (Å²) in [7, 11) is 0. The van der Waals surface area contributed by atoms with E-state index in [9.17, 15) is 0 Å². The Balaban J connectivity index is 3.18. The minimum Gasteiger partial charge on any atom is -0.398 e. The highest BCUT2D eigenvalue weighted by Gasteiger charge is 2.05. The molecule has 0 fully saturated rings. The van der Waals surface area contributed by atoms with Gasteiger partial charge < -0.3 is 5.73 Å². The Morgan fingerprint density at radius 1 is 0.846 bits per heavy atom. The minimum absolute atomic E-state index is 0.884. The first kappa shape index (κ1) is 11.1. The van der Waals surface area contributed by atoms with E-state index in [-0.39, 0.29) is 0 Å². The molecule has 0 heterocycles. The maximum absolute atomic E-state index is 5.89. The molecule has 2 N–H and O–H groups in total. The molecule has 0 amide bonds. The van der Waals surface area contributed by atoms with Crippen LogP contribution < -0.4 is 5.73 Å². The van der Waals surface area contributed by atoms with Gasteiger partial charge in [0.15, 0.2) is 0 Å². The van der Waals surface area contributed by atoms with Crippen molar-refractivity contribution in [2.45, 2.75) is 14.7 Å². The van der Waals surface area contributed by atoms with Gasteiger partial charge in [-0.05, 0) is 30.9 Å². The van der Waals surface area contributed by atoms with Crippen molar-refractivity contribution in [1.29, 1.82) is 0 Å². The third-order valence-electron chi connectivity index (χ3n) is 1.74. The number of hydrogen-bond acceptors (Lipinski definition) is 4. The summed E-state index contributed by atoms with van der Waals surface area (Å²) < 4.78 is 0. The fourth-order valence-electron chi connectivity index (χ4n) is 1.05. The Bertz CT molecular complexity index is 299. The number of nitrogens with two attached hydrogens (primary N) is 1. The van der Waals surface area contributed by atoms with Crippen LogP contribution in [0.2, 0.25) is 0 Å². The lowest BCUT2D eigenvalue weighted by Crippen LogP contribution is -1.90. The second kappa shape index (κ2) is 5.08. The summed E-state index contributed by atoms with van der Waals surface area (Å²) in [6, 6.07) is 4.22. The van der Waals surface area contributed by atoms with Gasteiger partial charge >= 0.3 is 0 Å². The first-order valence-corrected chi connectivity index (χ1v) is 7.45. The molecule has 0 bridgehead atoms. The van der Waals surface area contributed by atoms with Gasteiger partial charge in [-0.3, -0.25) is 0 Å². The van der Waals surface area contributed by atoms with Gasteiger partial charge in [-0.25, -0.2) is 0 Å². The third-order valence-corrected chi connectivity index (χ3v) is 4.21. The molecule has 1 aromatic carbocycles. The van der Waals surface area contributed by atoms with Gasteiger partial charge in [0.2, 0.25) is 0 Å². The SMILES string of the molecule is CSc1cc(SC)c(SC)cc1N. The van der Waals surface area contributed by atoms with E-state index in [2.05, 4.69) is 30.9 Å². The van der Waals surface area contributed by atoms with Gasteiger partial charge in [0.05, 0.1) is 0 Å². The Morgan fingerprint density at radius 3 is 1.77 bits per heavy atom. The second-order valence-electron chi connectivity index (χ2n) is 2.45. The molecule has 13 heavy (non-hydrogen) atoms. The number of rotatable bonds is 3. The number of anilines is 1. The highest BCUT2D eigenvalue weighted by Crippen LogP contribution is 2.35. The summed E-state index contributed by atoms with van der Waals surface area (Å²) in [6.45, 7) is 0. The molecule has 0 aromatic heterocycles. The van der Waals surface area contributed by atoms with Crippen LogP contribution in [0.5, 0.6) is 0 Å². The summed E-state index contributed by atoms with van der Waals surface area (Å²) in [4.78, 5) is 3.75. The summed E-state index contributed by atoms with van der Waals surface area (Å²) >= 11 is 5.21. The standard InChI is InChI=1S/C9H13NS3/c1-11-7-5-9(13-3)8(12-2)4-6(7)10/h4-5H,10H2,1-3H3. The molecule has 1 nitrogen and oxygen atoms in total. The molecular formula is C9H13NS3. The fourth-order valence-corrected chi connectivity index (χ4v) is 3.16. The lowest BCUT2D eigenvalue weighted by Gasteiger charge is -2.09. The normalized spacial score (nSPS) is 10.4. The van der Waals surface area contributed by atoms with E-state index in [0.717, 1.165) is 5.69 Å². The second-order valence-corrected chi connectivity index (χ2v) is 4.99. The first-order valence-electron chi connectivity index (χ1n) is 3.78. The van der Waals surface area contributed by atoms with Crippen molar-refractivity contribution in [1.82, 2.24) is 0 Å². The largest absolute Gasteiger partial charge is 0.398 e. The third kappa shape index (κ3) is 2.51. The fraction of sp³-hybridized carbons (Fsp3) is 0.333. The zero-order valence-corrected chi connectivity index (χ0v) is 10.4. The maximum Gasteiger partial charge on any atom is 0.0464 e. The highest BCUT2D eigenvalue weighted by molar-refractivity contribution is 8.01. The molecule has 0 unspecified atom stereocenters. The number of hydrogen-bond donors (Lipinski definition) is 1. The molecule has 1 rings (SSSR count). The topological polar surface area (TPSA) is 26.0 Å². The van der Waals surface area contributed by atoms with E-state index >= 15 is 0 Å². The number of nitrogen functional groups attached to an aromatic ring is 1. The summed E-state index contributed by atoms with van der Waals surface area (Å²) in [5.74, 6) is 0. The van der Waals surface area contributed by atoms with Crippen LogP contribution in [-0.4, -0.2) is 18.8 Å². The Morgan fingerprint density at radius 2 is 1.31 bits per heavy atom. The van der Waals surface area contributed by atoms with Crippen LogP contribution in [0.15, 0.2) is 26.8 Å². The lowest BCUT2D eigenvalue weighted by molar-refractivity contribution is 1.20. The molecule has 0 atom stereocenters. The minimum atomic E-state index is 0.884. The summed E-state index contributed by atoms with van der Waals surface area (Å²) in [6.07, 6.45) is 6.22. The molecule has 4 heteroatoms. The van der Waals surface area contributed by atoms with Gasteiger partial charge in [-0.2, -0.15) is 0 Å². The summed E-state index contributed by atoms with van der Waals surface area (Å²) in [5.41, 5.74) is 6.77. The van der Waals surface area contributed by atoms with Crippen molar-refractivity contribution < 1.29 is 0 Å². The first-order chi connectivity index (χ1) is 6.22. The molecule has 0 aliphatic rings. The van der Waals surface area contributed by atoms with E-state index < -0.39 is 0 Å². The lowest BCUT2D eigenvalue weighted by atomic mass is 10.3. The molecular weight excluding hydrogens is 218 g/mol. The molecule has 1 aromatic rings. The molecule has 0 saturated heterocycles. The quantitative estimate of drug-likeness (QED) is 0.636. The molecule has 0 radical (unpaired) electrons. The van der Waals surface area contributed by atoms with Crippen molar-refractivity contribution in [3.63, 3.8) is 0 Å². The van der Waals surface area contributed by atoms with Gasteiger partial charge in [0, 0.05) is 20.4 Å². The monoisotopic (exact) mass is 231 g/mol. The number of benzene rings is 1. The van der Waals surface area contributed by atoms with Crippen LogP contribution in [-0.2, 0) is 0 Å². The van der Waals surface area contributed by atoms with E-state index in [4.69, 9.17) is 5.73 Å². The number of thioether (sulfide) groups is 3. The predicted molar refractivity (Wildman–Crippen MR) is 66.2 cm³/mol. The Kier molecular flexibility index (Phi) is 4.35. The molecule has 0 aliphatic carbocycles. The maximum atomic E-state index is 5.89. The predicted octanol–water partition coefficient (Wildman–Crippen LogP) is 3.43. The molecule has 72 valence electrons. The van der Waals surface area contributed by atoms with Crippen molar-refractivity contribution in [2.24, 2.45) is 0 Å². The average Bonchev–Trinajstić information content (AvgIpc) is 2.17. The van der Waals surface area contributed by atoms with Crippen molar-refractivity contribution >= 4 is 41.0 Å². The zero-order chi connectivity index (χ0) is 9.84. The van der Waals surface area contributed by atoms with Gasteiger partial charge in [-0.1, -0.05) is 0 Å². The van der Waals surface area contributed by atoms with Crippen LogP contribution >= 0.6 is 35.3 Å². The highest BCUT2D eigenvalue weighted by atomic mass is 32.2. The van der Waals surface area contributed by atoms with Crippen molar-refractivity contribution in [3.05, 3.63) is 12.1 Å². The van der Waals surface area contributed by atoms with Crippen LogP contribution in [0.3, 0.4) is 0 Å². The Labute approximate surface area is 92.2 Å². The van der Waals surface area contributed by atoms with Crippen molar-refractivity contribution in [2.75, 3.05) is 24.5 Å². The van der Waals surface area contributed by atoms with E-state index in [0.29, 0.717) is 0 Å². The molecule has 0 saturated carbocycles. The van der Waals surface area contributed by atoms with Gasteiger partial charge in [0.1, 0.15) is 0 Å². The Hall–Kier alpha value is 0.0700.